The Balaban J connectivity index is 1.79. The summed E-state index contributed by atoms with van der Waals surface area (Å²) in [6.07, 6.45) is 0. The predicted octanol–water partition coefficient (Wildman–Crippen LogP) is 5.23. The van der Waals surface area contributed by atoms with Crippen molar-refractivity contribution in [2.45, 2.75) is 42.4 Å². The van der Waals surface area contributed by atoms with Crippen LogP contribution in [0.25, 0.3) is 0 Å². The van der Waals surface area contributed by atoms with Crippen LogP contribution in [-0.4, -0.2) is 27.5 Å². The van der Waals surface area contributed by atoms with Gasteiger partial charge >= 0.3 is 0 Å². The zero-order valence-corrected chi connectivity index (χ0v) is 20.7. The predicted molar refractivity (Wildman–Crippen MR) is 134 cm³/mol. The van der Waals surface area contributed by atoms with Crippen molar-refractivity contribution in [2.75, 3.05) is 11.8 Å². The molecular weight excluding hydrogens is 456 g/mol. The van der Waals surface area contributed by atoms with Gasteiger partial charge in [-0.05, 0) is 68.3 Å². The first-order valence-corrected chi connectivity index (χ1v) is 13.0. The minimum Gasteiger partial charge on any atom is -0.496 e. The average molecular weight is 485 g/mol. The molecule has 2 N–H and O–H groups in total. The van der Waals surface area contributed by atoms with Crippen LogP contribution in [0.1, 0.15) is 35.3 Å². The molecule has 0 spiro atoms. The molecule has 6 nitrogen and oxygen atoms in total. The minimum atomic E-state index is -3.90. The monoisotopic (exact) mass is 484 g/mol. The molecule has 0 heterocycles. The van der Waals surface area contributed by atoms with Crippen LogP contribution < -0.4 is 14.8 Å². The summed E-state index contributed by atoms with van der Waals surface area (Å²) in [7, 11) is -2.46. The number of amides is 1. The second-order valence-electron chi connectivity index (χ2n) is 7.85. The number of sulfonamides is 1. The van der Waals surface area contributed by atoms with E-state index in [1.807, 2.05) is 51.1 Å². The number of ether oxygens (including phenoxy) is 1. The second-order valence-corrected chi connectivity index (χ2v) is 10.6. The normalized spacial score (nSPS) is 11.3. The van der Waals surface area contributed by atoms with Gasteiger partial charge in [0.2, 0.25) is 0 Å². The van der Waals surface area contributed by atoms with Crippen LogP contribution in [0.15, 0.2) is 76.5 Å². The third kappa shape index (κ3) is 6.52. The van der Waals surface area contributed by atoms with Gasteiger partial charge in [0, 0.05) is 16.7 Å². The lowest BCUT2D eigenvalue weighted by Crippen LogP contribution is -2.30. The highest BCUT2D eigenvalue weighted by molar-refractivity contribution is 7.98. The number of carbonyl (C=O) groups is 1. The molecule has 0 aliphatic rings. The van der Waals surface area contributed by atoms with E-state index in [2.05, 4.69) is 22.2 Å². The third-order valence-electron chi connectivity index (χ3n) is 4.83. The Bertz CT molecular complexity index is 1230. The van der Waals surface area contributed by atoms with Crippen LogP contribution in [-0.2, 0) is 15.8 Å². The summed E-state index contributed by atoms with van der Waals surface area (Å²) in [4.78, 5) is 13.7. The fraction of sp³-hybridized carbons (Fsp3) is 0.240. The summed E-state index contributed by atoms with van der Waals surface area (Å²) in [6.45, 7) is 5.53. The summed E-state index contributed by atoms with van der Waals surface area (Å²) < 4.78 is 34.0. The number of anilines is 1. The van der Waals surface area contributed by atoms with Gasteiger partial charge in [0.05, 0.1) is 23.3 Å². The summed E-state index contributed by atoms with van der Waals surface area (Å²) in [5, 5.41) is 2.77. The fourth-order valence-electron chi connectivity index (χ4n) is 3.19. The first kappa shape index (κ1) is 24.7. The first-order valence-electron chi connectivity index (χ1n) is 10.5. The van der Waals surface area contributed by atoms with Crippen LogP contribution in [0.5, 0.6) is 5.75 Å². The van der Waals surface area contributed by atoms with Crippen LogP contribution in [0.4, 0.5) is 5.69 Å². The second kappa shape index (κ2) is 10.8. The van der Waals surface area contributed by atoms with Gasteiger partial charge in [-0.1, -0.05) is 30.3 Å². The number of hydrogen-bond donors (Lipinski definition) is 2. The zero-order chi connectivity index (χ0) is 24.0. The van der Waals surface area contributed by atoms with Crippen molar-refractivity contribution in [3.63, 3.8) is 0 Å². The highest BCUT2D eigenvalue weighted by Gasteiger charge is 2.21. The molecule has 0 saturated carbocycles. The highest BCUT2D eigenvalue weighted by Crippen LogP contribution is 2.28. The number of methoxy groups -OCH3 is 1. The Labute approximate surface area is 199 Å². The van der Waals surface area contributed by atoms with Crippen LogP contribution >= 0.6 is 11.8 Å². The lowest BCUT2D eigenvalue weighted by molar-refractivity contribution is 0.0940. The number of benzene rings is 3. The van der Waals surface area contributed by atoms with Crippen molar-refractivity contribution in [3.05, 3.63) is 83.4 Å². The number of hydrogen-bond acceptors (Lipinski definition) is 5. The molecule has 0 radical (unpaired) electrons. The summed E-state index contributed by atoms with van der Waals surface area (Å²) in [6, 6.07) is 19.9. The highest BCUT2D eigenvalue weighted by atomic mass is 32.2. The summed E-state index contributed by atoms with van der Waals surface area (Å²) >= 11 is 1.72. The minimum absolute atomic E-state index is 0.0136. The maximum absolute atomic E-state index is 13.1. The van der Waals surface area contributed by atoms with Gasteiger partial charge in [0.1, 0.15) is 5.75 Å². The Morgan fingerprint density at radius 3 is 2.39 bits per heavy atom. The Hall–Kier alpha value is -2.97. The molecule has 0 atom stereocenters. The van der Waals surface area contributed by atoms with Crippen LogP contribution in [0, 0.1) is 6.92 Å². The molecule has 3 rings (SSSR count). The van der Waals surface area contributed by atoms with Gasteiger partial charge in [0.15, 0.2) is 0 Å². The molecule has 0 aliphatic carbocycles. The summed E-state index contributed by atoms with van der Waals surface area (Å²) in [5.74, 6) is 0.698. The van der Waals surface area contributed by atoms with Gasteiger partial charge in [0.25, 0.3) is 15.9 Å². The maximum atomic E-state index is 13.1. The molecule has 0 bridgehead atoms. The van der Waals surface area contributed by atoms with Gasteiger partial charge in [-0.25, -0.2) is 8.42 Å². The average Bonchev–Trinajstić information content (AvgIpc) is 2.79. The van der Waals surface area contributed by atoms with Crippen molar-refractivity contribution in [1.29, 1.82) is 0 Å². The van der Waals surface area contributed by atoms with Crippen molar-refractivity contribution >= 4 is 33.4 Å². The Morgan fingerprint density at radius 1 is 1.03 bits per heavy atom. The third-order valence-corrected chi connectivity index (χ3v) is 7.28. The van der Waals surface area contributed by atoms with Crippen molar-refractivity contribution < 1.29 is 17.9 Å². The molecule has 33 heavy (non-hydrogen) atoms. The molecule has 0 aliphatic heterocycles. The van der Waals surface area contributed by atoms with Gasteiger partial charge in [-0.2, -0.15) is 0 Å². The molecule has 0 saturated heterocycles. The number of thioether (sulfide) groups is 1. The molecule has 174 valence electrons. The van der Waals surface area contributed by atoms with Crippen molar-refractivity contribution in [3.8, 4) is 5.75 Å². The van der Waals surface area contributed by atoms with E-state index in [1.54, 1.807) is 17.8 Å². The fourth-order valence-corrected chi connectivity index (χ4v) is 5.21. The number of carbonyl (C=O) groups excluding carboxylic acids is 1. The largest absolute Gasteiger partial charge is 0.496 e. The van der Waals surface area contributed by atoms with E-state index in [0.29, 0.717) is 11.4 Å². The molecule has 1 amide bonds. The van der Waals surface area contributed by atoms with E-state index in [-0.39, 0.29) is 16.5 Å². The number of nitrogens with one attached hydrogen (secondary N) is 2. The van der Waals surface area contributed by atoms with E-state index in [1.165, 1.54) is 30.2 Å². The van der Waals surface area contributed by atoms with Crippen molar-refractivity contribution in [1.82, 2.24) is 5.32 Å². The Morgan fingerprint density at radius 2 is 1.76 bits per heavy atom. The van der Waals surface area contributed by atoms with Gasteiger partial charge in [-0.3, -0.25) is 9.52 Å². The molecule has 0 unspecified atom stereocenters. The van der Waals surface area contributed by atoms with E-state index in [4.69, 9.17) is 4.74 Å². The quantitative estimate of drug-likeness (QED) is 0.406. The molecule has 0 fully saturated rings. The van der Waals surface area contributed by atoms with Gasteiger partial charge < -0.3 is 10.1 Å². The van der Waals surface area contributed by atoms with Gasteiger partial charge in [-0.15, -0.1) is 11.8 Å². The van der Waals surface area contributed by atoms with Crippen molar-refractivity contribution in [2.24, 2.45) is 0 Å². The van der Waals surface area contributed by atoms with Crippen LogP contribution in [0.3, 0.4) is 0 Å². The lowest BCUT2D eigenvalue weighted by atomic mass is 10.1. The standard InChI is InChI=1S/C25H28N2O4S2/c1-17(2)26-25(28)22-15-21(11-13-24(22)31-4)33(29,30)27-23-12-10-19(14-18(23)3)16-32-20-8-6-5-7-9-20/h5-15,17,27H,16H2,1-4H3,(H,26,28). The molecular formula is C25H28N2O4S2. The summed E-state index contributed by atoms with van der Waals surface area (Å²) in [5.41, 5.74) is 2.57. The lowest BCUT2D eigenvalue weighted by Gasteiger charge is -2.15. The van der Waals surface area contributed by atoms with E-state index in [0.717, 1.165) is 16.9 Å². The SMILES string of the molecule is COc1ccc(S(=O)(=O)Nc2ccc(CSc3ccccc3)cc2C)cc1C(=O)NC(C)C. The van der Waals surface area contributed by atoms with Crippen LogP contribution in [0.2, 0.25) is 0 Å². The van der Waals surface area contributed by atoms with E-state index < -0.39 is 15.9 Å². The molecule has 0 aromatic heterocycles. The Kier molecular flexibility index (Phi) is 8.05. The smallest absolute Gasteiger partial charge is 0.261 e. The molecule has 8 heteroatoms. The molecule has 3 aromatic carbocycles. The zero-order valence-electron chi connectivity index (χ0n) is 19.1. The maximum Gasteiger partial charge on any atom is 0.261 e. The van der Waals surface area contributed by atoms with E-state index >= 15 is 0 Å². The van der Waals surface area contributed by atoms with E-state index in [9.17, 15) is 13.2 Å². The first-order chi connectivity index (χ1) is 15.7. The number of aryl methyl sites for hydroxylation is 1. The topological polar surface area (TPSA) is 84.5 Å². The number of rotatable bonds is 9. The molecule has 3 aromatic rings.